The SMILES string of the molecule is CCc1ccc(NC(=O)C2CCCN(C(=O)NC3CC3)C2)cc1. The number of carbonyl (C=O) groups is 2. The van der Waals surface area contributed by atoms with Crippen molar-refractivity contribution in [2.45, 2.75) is 45.1 Å². The van der Waals surface area contributed by atoms with E-state index in [1.807, 2.05) is 24.3 Å². The van der Waals surface area contributed by atoms with Crippen LogP contribution in [0.4, 0.5) is 10.5 Å². The molecular formula is C18H25N3O2. The van der Waals surface area contributed by atoms with Gasteiger partial charge in [0, 0.05) is 24.8 Å². The number of amides is 3. The lowest BCUT2D eigenvalue weighted by atomic mass is 9.97. The van der Waals surface area contributed by atoms with Crippen molar-refractivity contribution in [1.82, 2.24) is 10.2 Å². The van der Waals surface area contributed by atoms with Gasteiger partial charge in [0.2, 0.25) is 5.91 Å². The number of carbonyl (C=O) groups excluding carboxylic acids is 2. The Labute approximate surface area is 137 Å². The molecular weight excluding hydrogens is 290 g/mol. The predicted octanol–water partition coefficient (Wildman–Crippen LogP) is 2.77. The molecule has 2 N–H and O–H groups in total. The number of nitrogens with one attached hydrogen (secondary N) is 2. The van der Waals surface area contributed by atoms with Crippen LogP contribution >= 0.6 is 0 Å². The van der Waals surface area contributed by atoms with E-state index in [2.05, 4.69) is 17.6 Å². The Morgan fingerprint density at radius 3 is 2.57 bits per heavy atom. The van der Waals surface area contributed by atoms with E-state index in [9.17, 15) is 9.59 Å². The smallest absolute Gasteiger partial charge is 0.317 e. The zero-order chi connectivity index (χ0) is 16.2. The van der Waals surface area contributed by atoms with Gasteiger partial charge in [0.05, 0.1) is 5.92 Å². The Hall–Kier alpha value is -2.04. The number of benzene rings is 1. The van der Waals surface area contributed by atoms with Crippen LogP contribution in [0.25, 0.3) is 0 Å². The number of rotatable bonds is 4. The van der Waals surface area contributed by atoms with Gasteiger partial charge in [-0.2, -0.15) is 0 Å². The number of likely N-dealkylation sites (tertiary alicyclic amines) is 1. The normalized spacial score (nSPS) is 20.9. The number of aryl methyl sites for hydroxylation is 1. The molecule has 5 nitrogen and oxygen atoms in total. The van der Waals surface area contributed by atoms with Crippen molar-refractivity contribution in [2.24, 2.45) is 5.92 Å². The highest BCUT2D eigenvalue weighted by Gasteiger charge is 2.31. The molecule has 1 unspecified atom stereocenters. The van der Waals surface area contributed by atoms with Crippen LogP contribution in [0.1, 0.15) is 38.2 Å². The van der Waals surface area contributed by atoms with Crippen LogP contribution in [-0.4, -0.2) is 36.0 Å². The monoisotopic (exact) mass is 315 g/mol. The molecule has 1 aliphatic carbocycles. The molecule has 3 amide bonds. The van der Waals surface area contributed by atoms with Gasteiger partial charge < -0.3 is 15.5 Å². The summed E-state index contributed by atoms with van der Waals surface area (Å²) in [6, 6.07) is 8.29. The number of hydrogen-bond donors (Lipinski definition) is 2. The summed E-state index contributed by atoms with van der Waals surface area (Å²) in [6.07, 6.45) is 4.87. The summed E-state index contributed by atoms with van der Waals surface area (Å²) in [5.41, 5.74) is 2.08. The first-order chi connectivity index (χ1) is 11.2. The molecule has 2 aliphatic rings. The molecule has 1 saturated heterocycles. The van der Waals surface area contributed by atoms with Gasteiger partial charge in [0.1, 0.15) is 0 Å². The molecule has 3 rings (SSSR count). The lowest BCUT2D eigenvalue weighted by Crippen LogP contribution is -2.48. The van der Waals surface area contributed by atoms with Crippen molar-refractivity contribution >= 4 is 17.6 Å². The zero-order valence-electron chi connectivity index (χ0n) is 13.7. The molecule has 2 fully saturated rings. The first-order valence-corrected chi connectivity index (χ1v) is 8.61. The standard InChI is InChI=1S/C18H25N3O2/c1-2-13-5-7-15(8-6-13)19-17(22)14-4-3-11-21(12-14)18(23)20-16-9-10-16/h5-8,14,16H,2-4,9-12H2,1H3,(H,19,22)(H,20,23). The summed E-state index contributed by atoms with van der Waals surface area (Å²) in [5, 5.41) is 5.98. The number of hydrogen-bond acceptors (Lipinski definition) is 2. The fourth-order valence-corrected chi connectivity index (χ4v) is 2.94. The third-order valence-electron chi connectivity index (χ3n) is 4.61. The van der Waals surface area contributed by atoms with Crippen molar-refractivity contribution in [3.8, 4) is 0 Å². The van der Waals surface area contributed by atoms with Crippen LogP contribution in [0.5, 0.6) is 0 Å². The molecule has 1 heterocycles. The summed E-state index contributed by atoms with van der Waals surface area (Å²) < 4.78 is 0. The molecule has 0 aromatic heterocycles. The lowest BCUT2D eigenvalue weighted by Gasteiger charge is -2.32. The highest BCUT2D eigenvalue weighted by Crippen LogP contribution is 2.22. The molecule has 1 aromatic carbocycles. The second-order valence-corrected chi connectivity index (χ2v) is 6.55. The second-order valence-electron chi connectivity index (χ2n) is 6.55. The average Bonchev–Trinajstić information content (AvgIpc) is 3.39. The van der Waals surface area contributed by atoms with Crippen molar-refractivity contribution in [3.63, 3.8) is 0 Å². The van der Waals surface area contributed by atoms with Gasteiger partial charge in [0.25, 0.3) is 0 Å². The average molecular weight is 315 g/mol. The quantitative estimate of drug-likeness (QED) is 0.897. The van der Waals surface area contributed by atoms with Gasteiger partial charge in [-0.15, -0.1) is 0 Å². The molecule has 0 bridgehead atoms. The molecule has 1 saturated carbocycles. The van der Waals surface area contributed by atoms with E-state index >= 15 is 0 Å². The summed E-state index contributed by atoms with van der Waals surface area (Å²) in [7, 11) is 0. The molecule has 124 valence electrons. The van der Waals surface area contributed by atoms with E-state index in [1.54, 1.807) is 4.90 Å². The summed E-state index contributed by atoms with van der Waals surface area (Å²) in [5.74, 6) is -0.113. The molecule has 5 heteroatoms. The van der Waals surface area contributed by atoms with Crippen LogP contribution in [-0.2, 0) is 11.2 Å². The number of nitrogens with zero attached hydrogens (tertiary/aromatic N) is 1. The molecule has 1 atom stereocenters. The molecule has 1 aliphatic heterocycles. The van der Waals surface area contributed by atoms with Gasteiger partial charge in [-0.25, -0.2) is 4.79 Å². The maximum Gasteiger partial charge on any atom is 0.317 e. The Morgan fingerprint density at radius 2 is 1.91 bits per heavy atom. The minimum atomic E-state index is -0.125. The highest BCUT2D eigenvalue weighted by atomic mass is 16.2. The molecule has 23 heavy (non-hydrogen) atoms. The minimum Gasteiger partial charge on any atom is -0.335 e. The largest absolute Gasteiger partial charge is 0.335 e. The predicted molar refractivity (Wildman–Crippen MR) is 90.3 cm³/mol. The Morgan fingerprint density at radius 1 is 1.17 bits per heavy atom. The third kappa shape index (κ3) is 4.24. The summed E-state index contributed by atoms with van der Waals surface area (Å²) in [6.45, 7) is 3.36. The van der Waals surface area contributed by atoms with Crippen molar-refractivity contribution in [2.75, 3.05) is 18.4 Å². The van der Waals surface area contributed by atoms with E-state index in [0.29, 0.717) is 12.6 Å². The lowest BCUT2D eigenvalue weighted by molar-refractivity contribution is -0.121. The Balaban J connectivity index is 1.54. The van der Waals surface area contributed by atoms with Gasteiger partial charge in [0.15, 0.2) is 0 Å². The highest BCUT2D eigenvalue weighted by molar-refractivity contribution is 5.93. The number of piperidine rings is 1. The van der Waals surface area contributed by atoms with E-state index in [1.165, 1.54) is 5.56 Å². The van der Waals surface area contributed by atoms with E-state index in [0.717, 1.165) is 44.3 Å². The van der Waals surface area contributed by atoms with Gasteiger partial charge in [-0.1, -0.05) is 19.1 Å². The van der Waals surface area contributed by atoms with Crippen molar-refractivity contribution in [3.05, 3.63) is 29.8 Å². The fourth-order valence-electron chi connectivity index (χ4n) is 2.94. The van der Waals surface area contributed by atoms with Gasteiger partial charge in [-0.05, 0) is 49.8 Å². The third-order valence-corrected chi connectivity index (χ3v) is 4.61. The Kier molecular flexibility index (Phi) is 4.84. The van der Waals surface area contributed by atoms with Crippen LogP contribution in [0.2, 0.25) is 0 Å². The van der Waals surface area contributed by atoms with Crippen molar-refractivity contribution in [1.29, 1.82) is 0 Å². The van der Waals surface area contributed by atoms with Crippen LogP contribution in [0.15, 0.2) is 24.3 Å². The van der Waals surface area contributed by atoms with Crippen LogP contribution in [0.3, 0.4) is 0 Å². The summed E-state index contributed by atoms with van der Waals surface area (Å²) in [4.78, 5) is 26.4. The first kappa shape index (κ1) is 15.8. The van der Waals surface area contributed by atoms with Crippen LogP contribution in [0, 0.1) is 5.92 Å². The number of urea groups is 1. The van der Waals surface area contributed by atoms with Gasteiger partial charge >= 0.3 is 6.03 Å². The fraction of sp³-hybridized carbons (Fsp3) is 0.556. The summed E-state index contributed by atoms with van der Waals surface area (Å²) >= 11 is 0. The minimum absolute atomic E-state index is 0.0122. The van der Waals surface area contributed by atoms with E-state index in [4.69, 9.17) is 0 Å². The molecule has 0 spiro atoms. The molecule has 0 radical (unpaired) electrons. The maximum atomic E-state index is 12.5. The van der Waals surface area contributed by atoms with E-state index in [-0.39, 0.29) is 17.9 Å². The second kappa shape index (κ2) is 7.02. The van der Waals surface area contributed by atoms with Gasteiger partial charge in [-0.3, -0.25) is 4.79 Å². The zero-order valence-corrected chi connectivity index (χ0v) is 13.7. The van der Waals surface area contributed by atoms with E-state index < -0.39 is 0 Å². The topological polar surface area (TPSA) is 61.4 Å². The van der Waals surface area contributed by atoms with Crippen LogP contribution < -0.4 is 10.6 Å². The van der Waals surface area contributed by atoms with Crippen molar-refractivity contribution < 1.29 is 9.59 Å². The Bertz CT molecular complexity index is 566. The molecule has 1 aromatic rings. The maximum absolute atomic E-state index is 12.5. The first-order valence-electron chi connectivity index (χ1n) is 8.61. The number of anilines is 1.